The Kier molecular flexibility index (Phi) is 6.18. The largest absolute Gasteiger partial charge is 0.460 e. The molecule has 5 nitrogen and oxygen atoms in total. The Morgan fingerprint density at radius 3 is 2.41 bits per heavy atom. The van der Waals surface area contributed by atoms with Crippen LogP contribution < -0.4 is 0 Å². The summed E-state index contributed by atoms with van der Waals surface area (Å²) in [6.45, 7) is 5.19. The molecule has 1 fully saturated rings. The van der Waals surface area contributed by atoms with Crippen LogP contribution >= 0.6 is 11.6 Å². The van der Waals surface area contributed by atoms with Crippen LogP contribution in [0.15, 0.2) is 23.1 Å². The van der Waals surface area contributed by atoms with Crippen molar-refractivity contribution in [3.05, 3.63) is 28.8 Å². The number of esters is 1. The van der Waals surface area contributed by atoms with E-state index in [2.05, 4.69) is 0 Å². The molecule has 1 aromatic rings. The number of hydrogen-bond acceptors (Lipinski definition) is 4. The Balaban J connectivity index is 2.25. The molecule has 2 rings (SSSR count). The monoisotopic (exact) mass is 427 g/mol. The topological polar surface area (TPSA) is 63.7 Å². The van der Waals surface area contributed by atoms with Crippen LogP contribution in [0.1, 0.15) is 39.2 Å². The van der Waals surface area contributed by atoms with Crippen LogP contribution in [0.3, 0.4) is 0 Å². The highest BCUT2D eigenvalue weighted by Gasteiger charge is 2.37. The van der Waals surface area contributed by atoms with E-state index in [9.17, 15) is 26.4 Å². The Hall–Kier alpha value is -1.32. The zero-order valence-corrected chi connectivity index (χ0v) is 16.7. The first-order valence-electron chi connectivity index (χ1n) is 8.31. The SMILES string of the molecule is CC(C)(C)OC(=O)[C@@H]1CCCN(S(=O)(=O)c2ccc(C(F)(F)F)cc2Cl)C1. The molecule has 1 saturated heterocycles. The molecule has 0 radical (unpaired) electrons. The summed E-state index contributed by atoms with van der Waals surface area (Å²) in [5.74, 6) is -1.14. The first-order chi connectivity index (χ1) is 12.2. The molecular weight excluding hydrogens is 407 g/mol. The molecule has 152 valence electrons. The molecule has 1 atom stereocenters. The first kappa shape index (κ1) is 22.0. The zero-order valence-electron chi connectivity index (χ0n) is 15.1. The van der Waals surface area contributed by atoms with Crippen molar-refractivity contribution < 1.29 is 31.1 Å². The minimum Gasteiger partial charge on any atom is -0.460 e. The van der Waals surface area contributed by atoms with Crippen LogP contribution in [0.5, 0.6) is 0 Å². The highest BCUT2D eigenvalue weighted by Crippen LogP contribution is 2.35. The third-order valence-corrected chi connectivity index (χ3v) is 6.35. The number of ether oxygens (including phenoxy) is 1. The van der Waals surface area contributed by atoms with Crippen molar-refractivity contribution in [2.45, 2.75) is 50.3 Å². The highest BCUT2D eigenvalue weighted by molar-refractivity contribution is 7.89. The first-order valence-corrected chi connectivity index (χ1v) is 10.1. The van der Waals surface area contributed by atoms with Crippen molar-refractivity contribution in [1.82, 2.24) is 4.31 Å². The molecule has 27 heavy (non-hydrogen) atoms. The fourth-order valence-corrected chi connectivity index (χ4v) is 4.81. The van der Waals surface area contributed by atoms with Crippen molar-refractivity contribution in [1.29, 1.82) is 0 Å². The summed E-state index contributed by atoms with van der Waals surface area (Å²) in [5, 5.41) is -0.510. The maximum atomic E-state index is 12.8. The van der Waals surface area contributed by atoms with Gasteiger partial charge in [-0.15, -0.1) is 0 Å². The number of nitrogens with zero attached hydrogens (tertiary/aromatic N) is 1. The van der Waals surface area contributed by atoms with Gasteiger partial charge in [0, 0.05) is 13.1 Å². The summed E-state index contributed by atoms with van der Waals surface area (Å²) in [4.78, 5) is 11.8. The standard InChI is InChI=1S/C17H21ClF3NO4S/c1-16(2,3)26-15(23)11-5-4-8-22(10-11)27(24,25)14-7-6-12(9-13(14)18)17(19,20)21/h6-7,9,11H,4-5,8,10H2,1-3H3/t11-/m1/s1. The molecule has 1 heterocycles. The number of carbonyl (C=O) groups is 1. The molecule has 0 spiro atoms. The lowest BCUT2D eigenvalue weighted by molar-refractivity contribution is -0.161. The van der Waals surface area contributed by atoms with Crippen LogP contribution in [0.2, 0.25) is 5.02 Å². The van der Waals surface area contributed by atoms with E-state index in [1.807, 2.05) is 0 Å². The number of benzene rings is 1. The van der Waals surface area contributed by atoms with Gasteiger partial charge in [0.15, 0.2) is 0 Å². The van der Waals surface area contributed by atoms with Gasteiger partial charge in [-0.3, -0.25) is 4.79 Å². The van der Waals surface area contributed by atoms with Gasteiger partial charge in [0.25, 0.3) is 0 Å². The second-order valence-corrected chi connectivity index (χ2v) is 9.69. The quantitative estimate of drug-likeness (QED) is 0.681. The van der Waals surface area contributed by atoms with Crippen molar-refractivity contribution in [2.75, 3.05) is 13.1 Å². The number of hydrogen-bond donors (Lipinski definition) is 0. The predicted octanol–water partition coefficient (Wildman–Crippen LogP) is 4.10. The smallest absolute Gasteiger partial charge is 0.416 e. The van der Waals surface area contributed by atoms with Crippen LogP contribution in [0.4, 0.5) is 13.2 Å². The molecular formula is C17H21ClF3NO4S. The lowest BCUT2D eigenvalue weighted by atomic mass is 9.99. The van der Waals surface area contributed by atoms with E-state index in [0.29, 0.717) is 25.0 Å². The summed E-state index contributed by atoms with van der Waals surface area (Å²) in [5.41, 5.74) is -1.73. The third kappa shape index (κ3) is 5.36. The van der Waals surface area contributed by atoms with Crippen LogP contribution in [-0.4, -0.2) is 37.4 Å². The number of halogens is 4. The summed E-state index contributed by atoms with van der Waals surface area (Å²) >= 11 is 5.83. The molecule has 0 bridgehead atoms. The van der Waals surface area contributed by atoms with Gasteiger partial charge in [0.05, 0.1) is 16.5 Å². The van der Waals surface area contributed by atoms with Crippen LogP contribution in [0, 0.1) is 5.92 Å². The Morgan fingerprint density at radius 2 is 1.89 bits per heavy atom. The molecule has 1 aliphatic rings. The number of carbonyl (C=O) groups excluding carboxylic acids is 1. The predicted molar refractivity (Wildman–Crippen MR) is 93.8 cm³/mol. The second-order valence-electron chi connectivity index (χ2n) is 7.38. The highest BCUT2D eigenvalue weighted by atomic mass is 35.5. The van der Waals surface area contributed by atoms with Gasteiger partial charge >= 0.3 is 12.1 Å². The van der Waals surface area contributed by atoms with E-state index >= 15 is 0 Å². The van der Waals surface area contributed by atoms with Crippen molar-refractivity contribution >= 4 is 27.6 Å². The van der Waals surface area contributed by atoms with Gasteiger partial charge < -0.3 is 4.74 Å². The second kappa shape index (κ2) is 7.60. The van der Waals surface area contributed by atoms with E-state index in [1.54, 1.807) is 20.8 Å². The molecule has 0 amide bonds. The maximum Gasteiger partial charge on any atom is 0.416 e. The minimum absolute atomic E-state index is 0.103. The third-order valence-electron chi connectivity index (χ3n) is 4.00. The number of piperidine rings is 1. The minimum atomic E-state index is -4.63. The van der Waals surface area contributed by atoms with Crippen LogP contribution in [-0.2, 0) is 25.7 Å². The maximum absolute atomic E-state index is 12.8. The number of rotatable bonds is 3. The van der Waals surface area contributed by atoms with E-state index in [4.69, 9.17) is 16.3 Å². The summed E-state index contributed by atoms with van der Waals surface area (Å²) in [6.07, 6.45) is -3.72. The normalized spacial score (nSPS) is 19.7. The Labute approximate surface area is 161 Å². The van der Waals surface area contributed by atoms with Gasteiger partial charge in [-0.1, -0.05) is 11.6 Å². The molecule has 0 aromatic heterocycles. The number of alkyl halides is 3. The van der Waals surface area contributed by atoms with Gasteiger partial charge in [-0.25, -0.2) is 8.42 Å². The molecule has 1 aromatic carbocycles. The fourth-order valence-electron chi connectivity index (χ4n) is 2.76. The van der Waals surface area contributed by atoms with E-state index in [0.717, 1.165) is 10.4 Å². The van der Waals surface area contributed by atoms with E-state index in [1.165, 1.54) is 0 Å². The van der Waals surface area contributed by atoms with Crippen molar-refractivity contribution in [3.63, 3.8) is 0 Å². The molecule has 10 heteroatoms. The molecule has 0 saturated carbocycles. The average molecular weight is 428 g/mol. The lowest BCUT2D eigenvalue weighted by Crippen LogP contribution is -2.44. The summed E-state index contributed by atoms with van der Waals surface area (Å²) in [7, 11) is -4.14. The van der Waals surface area contributed by atoms with Crippen LogP contribution in [0.25, 0.3) is 0 Å². The molecule has 0 unspecified atom stereocenters. The number of sulfonamides is 1. The van der Waals surface area contributed by atoms with Gasteiger partial charge in [0.2, 0.25) is 10.0 Å². The van der Waals surface area contributed by atoms with Gasteiger partial charge in [-0.2, -0.15) is 17.5 Å². The lowest BCUT2D eigenvalue weighted by Gasteiger charge is -2.32. The molecule has 0 N–H and O–H groups in total. The Bertz CT molecular complexity index is 818. The van der Waals surface area contributed by atoms with Gasteiger partial charge in [0.1, 0.15) is 10.5 Å². The van der Waals surface area contributed by atoms with E-state index < -0.39 is 49.2 Å². The van der Waals surface area contributed by atoms with Crippen molar-refractivity contribution in [3.8, 4) is 0 Å². The summed E-state index contributed by atoms with van der Waals surface area (Å²) in [6, 6.07) is 2.11. The summed E-state index contributed by atoms with van der Waals surface area (Å²) < 4.78 is 70.3. The van der Waals surface area contributed by atoms with E-state index in [-0.39, 0.29) is 13.1 Å². The van der Waals surface area contributed by atoms with Crippen molar-refractivity contribution in [2.24, 2.45) is 5.92 Å². The average Bonchev–Trinajstić information content (AvgIpc) is 2.52. The van der Waals surface area contributed by atoms with Gasteiger partial charge in [-0.05, 0) is 51.8 Å². The molecule has 0 aliphatic carbocycles. The zero-order chi connectivity index (χ0) is 20.6. The molecule has 1 aliphatic heterocycles. The fraction of sp³-hybridized carbons (Fsp3) is 0.588. The Morgan fingerprint density at radius 1 is 1.26 bits per heavy atom.